The first-order chi connectivity index (χ1) is 13.9. The van der Waals surface area contributed by atoms with E-state index < -0.39 is 16.9 Å². The van der Waals surface area contributed by atoms with Crippen molar-refractivity contribution >= 4 is 29.3 Å². The van der Waals surface area contributed by atoms with Crippen LogP contribution in [0.2, 0.25) is 0 Å². The summed E-state index contributed by atoms with van der Waals surface area (Å²) in [7, 11) is 0. The highest BCUT2D eigenvalue weighted by Gasteiger charge is 2.24. The van der Waals surface area contributed by atoms with Gasteiger partial charge < -0.3 is 15.4 Å². The van der Waals surface area contributed by atoms with Crippen LogP contribution in [0.3, 0.4) is 0 Å². The molecule has 1 aromatic rings. The number of benzene rings is 1. The molecule has 1 saturated heterocycles. The van der Waals surface area contributed by atoms with E-state index in [9.17, 15) is 19.7 Å². The van der Waals surface area contributed by atoms with Crippen molar-refractivity contribution < 1.29 is 19.2 Å². The van der Waals surface area contributed by atoms with Gasteiger partial charge in [-0.05, 0) is 31.4 Å². The van der Waals surface area contributed by atoms with Crippen LogP contribution in [0.15, 0.2) is 24.3 Å². The van der Waals surface area contributed by atoms with Crippen LogP contribution in [-0.2, 0) is 9.53 Å². The Balaban J connectivity index is 1.97. The first-order valence-corrected chi connectivity index (χ1v) is 10.9. The van der Waals surface area contributed by atoms with Crippen LogP contribution in [0.5, 0.6) is 0 Å². The van der Waals surface area contributed by atoms with Gasteiger partial charge in [0.2, 0.25) is 5.91 Å². The first-order valence-electron chi connectivity index (χ1n) is 9.55. The molecule has 2 N–H and O–H groups in total. The number of thioether (sulfide) groups is 1. The van der Waals surface area contributed by atoms with Gasteiger partial charge in [0, 0.05) is 43.4 Å². The molecular formula is C19H28N4O5S. The van der Waals surface area contributed by atoms with Crippen molar-refractivity contribution in [3.8, 4) is 0 Å². The summed E-state index contributed by atoms with van der Waals surface area (Å²) in [5.74, 6) is -0.0557. The second kappa shape index (κ2) is 11.7. The second-order valence-corrected chi connectivity index (χ2v) is 7.92. The van der Waals surface area contributed by atoms with Crippen LogP contribution in [-0.4, -0.2) is 78.6 Å². The molecule has 1 aliphatic heterocycles. The average molecular weight is 425 g/mol. The van der Waals surface area contributed by atoms with E-state index in [1.807, 2.05) is 13.2 Å². The number of nitro groups is 1. The molecule has 2 rings (SSSR count). The minimum atomic E-state index is -0.707. The van der Waals surface area contributed by atoms with Gasteiger partial charge in [0.15, 0.2) is 0 Å². The molecule has 9 nitrogen and oxygen atoms in total. The third kappa shape index (κ3) is 7.64. The molecule has 160 valence electrons. The molecule has 1 aromatic carbocycles. The van der Waals surface area contributed by atoms with Crippen LogP contribution < -0.4 is 10.6 Å². The smallest absolute Gasteiger partial charge is 0.270 e. The Morgan fingerprint density at radius 1 is 1.31 bits per heavy atom. The Hall–Kier alpha value is -2.17. The number of morpholine rings is 1. The molecule has 1 heterocycles. The fraction of sp³-hybridized carbons (Fsp3) is 0.579. The number of carbonyl (C=O) groups excluding carboxylic acids is 2. The number of nitro benzene ring substituents is 1. The molecule has 2 unspecified atom stereocenters. The van der Waals surface area contributed by atoms with Crippen LogP contribution >= 0.6 is 11.8 Å². The number of hydrogen-bond donors (Lipinski definition) is 2. The molecule has 29 heavy (non-hydrogen) atoms. The summed E-state index contributed by atoms with van der Waals surface area (Å²) in [4.78, 5) is 37.9. The SMILES string of the molecule is CSCCC(NC(=O)c1cccc([N+](=O)[O-])c1)C(=O)NC(C)CN1CCOCC1. The van der Waals surface area contributed by atoms with Crippen molar-refractivity contribution in [3.05, 3.63) is 39.9 Å². The van der Waals surface area contributed by atoms with Gasteiger partial charge in [-0.15, -0.1) is 0 Å². The van der Waals surface area contributed by atoms with E-state index in [-0.39, 0.29) is 23.2 Å². The van der Waals surface area contributed by atoms with Crippen molar-refractivity contribution in [1.29, 1.82) is 0 Å². The zero-order valence-corrected chi connectivity index (χ0v) is 17.6. The predicted molar refractivity (Wildman–Crippen MR) is 112 cm³/mol. The third-order valence-corrected chi connectivity index (χ3v) is 5.22. The largest absolute Gasteiger partial charge is 0.379 e. The average Bonchev–Trinajstić information content (AvgIpc) is 2.71. The molecule has 2 atom stereocenters. The van der Waals surface area contributed by atoms with Crippen LogP contribution in [0, 0.1) is 10.1 Å². The van der Waals surface area contributed by atoms with Crippen LogP contribution in [0.4, 0.5) is 5.69 Å². The number of hydrogen-bond acceptors (Lipinski definition) is 7. The summed E-state index contributed by atoms with van der Waals surface area (Å²) in [5.41, 5.74) is -0.00980. The number of non-ortho nitro benzene ring substituents is 1. The lowest BCUT2D eigenvalue weighted by atomic mass is 10.1. The van der Waals surface area contributed by atoms with Crippen LogP contribution in [0.1, 0.15) is 23.7 Å². The number of carbonyl (C=O) groups is 2. The number of nitrogens with zero attached hydrogens (tertiary/aromatic N) is 2. The van der Waals surface area contributed by atoms with Crippen molar-refractivity contribution in [3.63, 3.8) is 0 Å². The van der Waals surface area contributed by atoms with Crippen molar-refractivity contribution in [2.24, 2.45) is 0 Å². The number of ether oxygens (including phenoxy) is 1. The van der Waals surface area contributed by atoms with Gasteiger partial charge in [-0.25, -0.2) is 0 Å². The number of rotatable bonds is 10. The molecule has 0 bridgehead atoms. The van der Waals surface area contributed by atoms with E-state index in [0.29, 0.717) is 31.9 Å². The second-order valence-electron chi connectivity index (χ2n) is 6.94. The van der Waals surface area contributed by atoms with E-state index in [1.54, 1.807) is 11.8 Å². The van der Waals surface area contributed by atoms with Gasteiger partial charge in [-0.1, -0.05) is 6.07 Å². The van der Waals surface area contributed by atoms with Crippen LogP contribution in [0.25, 0.3) is 0 Å². The summed E-state index contributed by atoms with van der Waals surface area (Å²) >= 11 is 1.58. The quantitative estimate of drug-likeness (QED) is 0.430. The summed E-state index contributed by atoms with van der Waals surface area (Å²) in [6.45, 7) is 5.69. The Kier molecular flexibility index (Phi) is 9.36. The molecule has 2 amide bonds. The number of nitrogens with one attached hydrogen (secondary N) is 2. The molecule has 0 aromatic heterocycles. The normalized spacial score (nSPS) is 16.6. The Bertz CT molecular complexity index is 712. The van der Waals surface area contributed by atoms with E-state index in [1.165, 1.54) is 24.3 Å². The molecule has 0 radical (unpaired) electrons. The molecule has 0 aliphatic carbocycles. The predicted octanol–water partition coefficient (Wildman–Crippen LogP) is 1.28. The third-order valence-electron chi connectivity index (χ3n) is 4.58. The molecular weight excluding hydrogens is 396 g/mol. The Labute approximate surface area is 174 Å². The summed E-state index contributed by atoms with van der Waals surface area (Å²) < 4.78 is 5.33. The molecule has 10 heteroatoms. The minimum Gasteiger partial charge on any atom is -0.379 e. The molecule has 0 saturated carbocycles. The maximum Gasteiger partial charge on any atom is 0.270 e. The van der Waals surface area contributed by atoms with Crippen molar-refractivity contribution in [1.82, 2.24) is 15.5 Å². The van der Waals surface area contributed by atoms with E-state index in [2.05, 4.69) is 15.5 Å². The van der Waals surface area contributed by atoms with Gasteiger partial charge in [0.25, 0.3) is 11.6 Å². The maximum atomic E-state index is 12.8. The van der Waals surface area contributed by atoms with Gasteiger partial charge in [0.1, 0.15) is 6.04 Å². The Morgan fingerprint density at radius 3 is 2.69 bits per heavy atom. The fourth-order valence-corrected chi connectivity index (χ4v) is 3.54. The molecule has 1 aliphatic rings. The highest BCUT2D eigenvalue weighted by atomic mass is 32.2. The Morgan fingerprint density at radius 2 is 2.03 bits per heavy atom. The van der Waals surface area contributed by atoms with Gasteiger partial charge in [0.05, 0.1) is 18.1 Å². The van der Waals surface area contributed by atoms with Gasteiger partial charge >= 0.3 is 0 Å². The lowest BCUT2D eigenvalue weighted by molar-refractivity contribution is -0.384. The van der Waals surface area contributed by atoms with Crippen molar-refractivity contribution in [2.75, 3.05) is 44.9 Å². The monoisotopic (exact) mass is 424 g/mol. The fourth-order valence-electron chi connectivity index (χ4n) is 3.07. The molecule has 1 fully saturated rings. The maximum absolute atomic E-state index is 12.8. The summed E-state index contributed by atoms with van der Waals surface area (Å²) in [6.07, 6.45) is 2.40. The first kappa shape index (κ1) is 23.1. The lowest BCUT2D eigenvalue weighted by Gasteiger charge is -2.30. The van der Waals surface area contributed by atoms with Crippen molar-refractivity contribution in [2.45, 2.75) is 25.4 Å². The zero-order valence-electron chi connectivity index (χ0n) is 16.8. The van der Waals surface area contributed by atoms with E-state index >= 15 is 0 Å². The number of amides is 2. The summed E-state index contributed by atoms with van der Waals surface area (Å²) in [6, 6.07) is 4.69. The topological polar surface area (TPSA) is 114 Å². The highest BCUT2D eigenvalue weighted by molar-refractivity contribution is 7.98. The van der Waals surface area contributed by atoms with E-state index in [4.69, 9.17) is 4.74 Å². The zero-order chi connectivity index (χ0) is 21.2. The van der Waals surface area contributed by atoms with E-state index in [0.717, 1.165) is 13.1 Å². The molecule has 0 spiro atoms. The minimum absolute atomic E-state index is 0.0768. The highest BCUT2D eigenvalue weighted by Crippen LogP contribution is 2.13. The standard InChI is InChI=1S/C19H28N4O5S/c1-14(13-22-7-9-28-10-8-22)20-19(25)17(6-11-29-2)21-18(24)15-4-3-5-16(12-15)23(26)27/h3-5,12,14,17H,6-11,13H2,1-2H3,(H,20,25)(H,21,24). The van der Waals surface area contributed by atoms with Gasteiger partial charge in [-0.3, -0.25) is 24.6 Å². The van der Waals surface area contributed by atoms with Gasteiger partial charge in [-0.2, -0.15) is 11.8 Å². The summed E-state index contributed by atoms with van der Waals surface area (Å²) in [5, 5.41) is 16.6. The lowest BCUT2D eigenvalue weighted by Crippen LogP contribution is -2.52.